The van der Waals surface area contributed by atoms with Crippen LogP contribution in [0.2, 0.25) is 0 Å². The fourth-order valence-corrected chi connectivity index (χ4v) is 1.06. The third-order valence-electron chi connectivity index (χ3n) is 1.22. The highest BCUT2D eigenvalue weighted by molar-refractivity contribution is 7.36. The zero-order valence-electron chi connectivity index (χ0n) is 6.34. The minimum Gasteiger partial charge on any atom is -0.381 e. The van der Waals surface area contributed by atoms with Gasteiger partial charge in [0.2, 0.25) is 0 Å². The van der Waals surface area contributed by atoms with E-state index in [-0.39, 0.29) is 0 Å². The van der Waals surface area contributed by atoms with Crippen molar-refractivity contribution in [3.05, 3.63) is 0 Å². The first-order valence-corrected chi connectivity index (χ1v) is 4.34. The van der Waals surface area contributed by atoms with E-state index in [0.717, 1.165) is 8.20 Å². The molecule has 64 valence electrons. The lowest BCUT2D eigenvalue weighted by Crippen LogP contribution is -2.41. The molecule has 4 nitrogen and oxygen atoms in total. The van der Waals surface area contributed by atoms with Gasteiger partial charge in [-0.1, -0.05) is 14.5 Å². The predicted octanol–water partition coefficient (Wildman–Crippen LogP) is -0.868. The molecule has 1 unspecified atom stereocenters. The Morgan fingerprint density at radius 2 is 2.27 bits per heavy atom. The molecule has 0 saturated carbocycles. The Balaban J connectivity index is 3.88. The van der Waals surface area contributed by atoms with Gasteiger partial charge < -0.3 is 15.0 Å². The Morgan fingerprint density at radius 3 is 2.64 bits per heavy atom. The first-order chi connectivity index (χ1) is 5.13. The lowest BCUT2D eigenvalue weighted by atomic mass is 10.3. The van der Waals surface area contributed by atoms with Crippen LogP contribution in [0.15, 0.2) is 0 Å². The van der Waals surface area contributed by atoms with Gasteiger partial charge >= 0.3 is 0 Å². The van der Waals surface area contributed by atoms with Crippen LogP contribution in [-0.2, 0) is 4.79 Å². The summed E-state index contributed by atoms with van der Waals surface area (Å²) < 4.78 is 0. The molecule has 0 aromatic carbocycles. The second-order valence-electron chi connectivity index (χ2n) is 2.16. The van der Waals surface area contributed by atoms with Crippen LogP contribution in [-0.4, -0.2) is 53.4 Å². The van der Waals surface area contributed by atoms with Gasteiger partial charge in [0.1, 0.15) is 12.3 Å². The molecule has 5 heteroatoms. The van der Waals surface area contributed by atoms with Crippen molar-refractivity contribution < 1.29 is 15.0 Å². The van der Waals surface area contributed by atoms with Gasteiger partial charge in [0.15, 0.2) is 6.29 Å². The van der Waals surface area contributed by atoms with E-state index < -0.39 is 12.3 Å². The van der Waals surface area contributed by atoms with E-state index in [9.17, 15) is 4.79 Å². The predicted molar refractivity (Wildman–Crippen MR) is 44.7 cm³/mol. The maximum absolute atomic E-state index is 10.0. The molecule has 0 saturated heterocycles. The molecule has 0 aliphatic carbocycles. The molecular weight excluding hydrogens is 165 g/mol. The number of rotatable bonds is 5. The van der Waals surface area contributed by atoms with Crippen LogP contribution >= 0.6 is 8.20 Å². The second-order valence-corrected chi connectivity index (χ2v) is 2.89. The Hall–Kier alpha value is -0.280. The van der Waals surface area contributed by atoms with Gasteiger partial charge in [0, 0.05) is 6.29 Å². The van der Waals surface area contributed by atoms with Crippen LogP contribution < -0.4 is 0 Å². The van der Waals surface area contributed by atoms with Crippen LogP contribution in [0.5, 0.6) is 0 Å². The Bertz CT molecular complexity index is 142. The van der Waals surface area contributed by atoms with E-state index in [1.165, 1.54) is 4.90 Å². The fourth-order valence-electron chi connectivity index (χ4n) is 0.572. The molecule has 0 amide bonds. The van der Waals surface area contributed by atoms with Gasteiger partial charge in [-0.3, -0.25) is 4.90 Å². The third-order valence-corrected chi connectivity index (χ3v) is 1.87. The number of hydrogen-bond acceptors (Lipinski definition) is 4. The van der Waals surface area contributed by atoms with Crippen molar-refractivity contribution in [1.82, 2.24) is 4.90 Å². The summed E-state index contributed by atoms with van der Waals surface area (Å²) in [6, 6.07) is 0. The van der Waals surface area contributed by atoms with Crippen LogP contribution in [0, 0.1) is 0 Å². The Kier molecular flexibility index (Phi) is 5.24. The van der Waals surface area contributed by atoms with Crippen LogP contribution in [0.3, 0.4) is 0 Å². The minimum absolute atomic E-state index is 0.307. The summed E-state index contributed by atoms with van der Waals surface area (Å²) in [7, 11) is 2.44. The van der Waals surface area contributed by atoms with Crippen molar-refractivity contribution in [2.45, 2.75) is 12.3 Å². The van der Waals surface area contributed by atoms with E-state index in [0.29, 0.717) is 12.6 Å². The fraction of sp³-hybridized carbons (Fsp3) is 0.667. The van der Waals surface area contributed by atoms with Crippen molar-refractivity contribution in [3.63, 3.8) is 0 Å². The smallest absolute Gasteiger partial charge is 0.152 e. The number of carbonyl (C=O) groups is 1. The Labute approximate surface area is 67.2 Å². The van der Waals surface area contributed by atoms with Gasteiger partial charge in [-0.15, -0.1) is 0 Å². The minimum atomic E-state index is -1.33. The van der Waals surface area contributed by atoms with E-state index in [2.05, 4.69) is 6.30 Å². The van der Waals surface area contributed by atoms with Crippen LogP contribution in [0.25, 0.3) is 0 Å². The molecule has 0 aliphatic rings. The summed E-state index contributed by atoms with van der Waals surface area (Å²) in [5.41, 5.74) is 0. The summed E-state index contributed by atoms with van der Waals surface area (Å²) in [5.74, 6) is 0. The van der Waals surface area contributed by atoms with Crippen molar-refractivity contribution >= 4 is 20.8 Å². The molecule has 2 atom stereocenters. The van der Waals surface area contributed by atoms with Gasteiger partial charge in [-0.2, -0.15) is 0 Å². The van der Waals surface area contributed by atoms with Gasteiger partial charge in [-0.05, 0) is 7.05 Å². The first kappa shape index (κ1) is 10.7. The second kappa shape index (κ2) is 5.38. The van der Waals surface area contributed by atoms with E-state index in [4.69, 9.17) is 10.2 Å². The number of likely N-dealkylation sites (N-methyl/N-ethyl adjacent to an activating group) is 1. The third kappa shape index (κ3) is 3.58. The van der Waals surface area contributed by atoms with E-state index in [1.54, 1.807) is 7.05 Å². The average molecular weight is 177 g/mol. The van der Waals surface area contributed by atoms with Crippen LogP contribution in [0.4, 0.5) is 0 Å². The lowest BCUT2D eigenvalue weighted by Gasteiger charge is -2.22. The summed E-state index contributed by atoms with van der Waals surface area (Å²) in [4.78, 5) is 11.5. The number of aliphatic hydroxyl groups excluding tert-OH is 2. The summed E-state index contributed by atoms with van der Waals surface area (Å²) in [6.07, 6.45) is 1.91. The molecular formula is C6H12NO3P. The summed E-state index contributed by atoms with van der Waals surface area (Å²) in [5, 5.41) is 18.0. The SMILES string of the molecule is C=PCN(C)C(O)[C@@H](O)C=O. The Morgan fingerprint density at radius 1 is 1.73 bits per heavy atom. The molecule has 0 spiro atoms. The molecule has 0 heterocycles. The molecule has 0 radical (unpaired) electrons. The molecule has 0 aromatic rings. The van der Waals surface area contributed by atoms with Gasteiger partial charge in [0.25, 0.3) is 0 Å². The standard InChI is InChI=1S/C6H12NO3P/c1-7(4-11-2)6(10)5(9)3-8/h3,5-6,9-10H,2,4H2,1H3/t5-,6?/m0/s1. The van der Waals surface area contributed by atoms with Crippen LogP contribution in [0.1, 0.15) is 0 Å². The molecule has 0 aliphatic heterocycles. The van der Waals surface area contributed by atoms with Crippen molar-refractivity contribution in [2.24, 2.45) is 0 Å². The van der Waals surface area contributed by atoms with Crippen molar-refractivity contribution in [1.29, 1.82) is 0 Å². The van der Waals surface area contributed by atoms with Crippen molar-refractivity contribution in [2.75, 3.05) is 13.3 Å². The van der Waals surface area contributed by atoms with E-state index >= 15 is 0 Å². The number of nitrogens with zero attached hydrogens (tertiary/aromatic N) is 1. The van der Waals surface area contributed by atoms with Gasteiger partial charge in [0.05, 0.1) is 0 Å². The maximum Gasteiger partial charge on any atom is 0.152 e. The summed E-state index contributed by atoms with van der Waals surface area (Å²) in [6.45, 7) is 0. The highest BCUT2D eigenvalue weighted by atomic mass is 31.1. The highest BCUT2D eigenvalue weighted by Crippen LogP contribution is 2.01. The topological polar surface area (TPSA) is 60.8 Å². The lowest BCUT2D eigenvalue weighted by molar-refractivity contribution is -0.128. The quantitative estimate of drug-likeness (QED) is 0.325. The average Bonchev–Trinajstić information content (AvgIpc) is 2.02. The zero-order chi connectivity index (χ0) is 8.85. The molecule has 2 N–H and O–H groups in total. The number of aliphatic hydroxyl groups is 2. The highest BCUT2D eigenvalue weighted by Gasteiger charge is 2.18. The monoisotopic (exact) mass is 177 g/mol. The number of hydrogen-bond donors (Lipinski definition) is 2. The number of aldehydes is 1. The molecule has 0 rings (SSSR count). The molecule has 0 aromatic heterocycles. The molecule has 0 fully saturated rings. The number of carbonyl (C=O) groups excluding carboxylic acids is 1. The normalized spacial score (nSPS) is 16.7. The maximum atomic E-state index is 10.0. The molecule has 11 heavy (non-hydrogen) atoms. The van der Waals surface area contributed by atoms with Gasteiger partial charge in [-0.25, -0.2) is 0 Å². The largest absolute Gasteiger partial charge is 0.381 e. The summed E-state index contributed by atoms with van der Waals surface area (Å²) >= 11 is 0. The molecule has 0 bridgehead atoms. The first-order valence-electron chi connectivity index (χ1n) is 3.07. The zero-order valence-corrected chi connectivity index (χ0v) is 7.24. The van der Waals surface area contributed by atoms with E-state index in [1.807, 2.05) is 0 Å². The van der Waals surface area contributed by atoms with Crippen molar-refractivity contribution in [3.8, 4) is 0 Å².